The van der Waals surface area contributed by atoms with Crippen molar-refractivity contribution < 1.29 is 9.53 Å². The molecule has 1 fully saturated rings. The number of rotatable bonds is 5. The molecule has 0 unspecified atom stereocenters. The molecule has 1 saturated heterocycles. The minimum atomic E-state index is -0.307. The van der Waals surface area contributed by atoms with E-state index in [0.717, 1.165) is 43.5 Å². The summed E-state index contributed by atoms with van der Waals surface area (Å²) in [6.45, 7) is 2.27. The molecule has 2 N–H and O–H groups in total. The molecule has 3 heterocycles. The summed E-state index contributed by atoms with van der Waals surface area (Å²) in [4.78, 5) is 25.5. The highest BCUT2D eigenvalue weighted by atomic mass is 35.5. The van der Waals surface area contributed by atoms with Crippen molar-refractivity contribution in [2.75, 3.05) is 18.5 Å². The van der Waals surface area contributed by atoms with Crippen LogP contribution in [-0.2, 0) is 11.3 Å². The number of hydrogen-bond acceptors (Lipinski definition) is 5. The first-order valence-corrected chi connectivity index (χ1v) is 12.6. The molecule has 186 valence electrons. The van der Waals surface area contributed by atoms with E-state index in [0.29, 0.717) is 44.4 Å². The number of hydrogen-bond donors (Lipinski definition) is 2. The second kappa shape index (κ2) is 9.80. The maximum Gasteiger partial charge on any atom is 0.276 e. The lowest BCUT2D eigenvalue weighted by Crippen LogP contribution is -2.21. The predicted molar refractivity (Wildman–Crippen MR) is 144 cm³/mol. The van der Waals surface area contributed by atoms with E-state index in [2.05, 4.69) is 15.5 Å². The lowest BCUT2D eigenvalue weighted by molar-refractivity contribution is 0.0605. The van der Waals surface area contributed by atoms with Crippen LogP contribution in [0.15, 0.2) is 71.5 Å². The fourth-order valence-electron chi connectivity index (χ4n) is 4.90. The second-order valence-electron chi connectivity index (χ2n) is 9.20. The van der Waals surface area contributed by atoms with Crippen LogP contribution in [0.3, 0.4) is 0 Å². The maximum absolute atomic E-state index is 13.3. The Bertz CT molecular complexity index is 1690. The van der Waals surface area contributed by atoms with Gasteiger partial charge in [-0.2, -0.15) is 10.2 Å². The molecule has 0 saturated carbocycles. The van der Waals surface area contributed by atoms with Crippen LogP contribution in [0.4, 0.5) is 5.69 Å². The average molecular weight is 514 g/mol. The Morgan fingerprint density at radius 1 is 1.03 bits per heavy atom. The number of fused-ring (bicyclic) bond motifs is 2. The quantitative estimate of drug-likeness (QED) is 0.333. The fourth-order valence-corrected chi connectivity index (χ4v) is 5.17. The van der Waals surface area contributed by atoms with E-state index in [-0.39, 0.29) is 11.5 Å². The Morgan fingerprint density at radius 2 is 1.76 bits per heavy atom. The van der Waals surface area contributed by atoms with E-state index in [1.807, 2.05) is 41.1 Å². The summed E-state index contributed by atoms with van der Waals surface area (Å²) in [5, 5.41) is 16.8. The topological polar surface area (TPSA) is 102 Å². The van der Waals surface area contributed by atoms with Crippen molar-refractivity contribution in [3.63, 3.8) is 0 Å². The van der Waals surface area contributed by atoms with Crippen LogP contribution < -0.4 is 10.9 Å². The van der Waals surface area contributed by atoms with Crippen molar-refractivity contribution in [2.24, 2.45) is 5.92 Å². The van der Waals surface area contributed by atoms with Gasteiger partial charge in [0.2, 0.25) is 0 Å². The second-order valence-corrected chi connectivity index (χ2v) is 9.61. The van der Waals surface area contributed by atoms with Crippen molar-refractivity contribution in [1.82, 2.24) is 20.0 Å². The molecule has 1 aliphatic rings. The average Bonchev–Trinajstić information content (AvgIpc) is 3.29. The SMILES string of the molecule is O=C(Nc1ccc(-c2n[nH]c(=O)c3ccccc23)c(Cl)c1)c1nn(CC2CCOCC2)c2ccccc12. The number of anilines is 1. The number of ether oxygens (including phenoxy) is 1. The van der Waals surface area contributed by atoms with Crippen LogP contribution in [0.5, 0.6) is 0 Å². The van der Waals surface area contributed by atoms with Gasteiger partial charge in [0.25, 0.3) is 11.5 Å². The molecule has 3 aromatic carbocycles. The van der Waals surface area contributed by atoms with Gasteiger partial charge in [-0.1, -0.05) is 48.0 Å². The largest absolute Gasteiger partial charge is 0.381 e. The van der Waals surface area contributed by atoms with Gasteiger partial charge in [-0.25, -0.2) is 5.10 Å². The minimum Gasteiger partial charge on any atom is -0.381 e. The third-order valence-electron chi connectivity index (χ3n) is 6.82. The number of carbonyl (C=O) groups is 1. The fraction of sp³-hybridized carbons (Fsp3) is 0.214. The number of nitrogens with zero attached hydrogens (tertiary/aromatic N) is 3. The smallest absolute Gasteiger partial charge is 0.276 e. The van der Waals surface area contributed by atoms with Crippen LogP contribution >= 0.6 is 11.6 Å². The van der Waals surface area contributed by atoms with Gasteiger partial charge in [-0.15, -0.1) is 0 Å². The van der Waals surface area contributed by atoms with Gasteiger partial charge >= 0.3 is 0 Å². The van der Waals surface area contributed by atoms with Crippen LogP contribution in [0.2, 0.25) is 5.02 Å². The third kappa shape index (κ3) is 4.50. The molecule has 1 amide bonds. The van der Waals surface area contributed by atoms with Gasteiger partial charge in [-0.05, 0) is 49.1 Å². The van der Waals surface area contributed by atoms with Gasteiger partial charge in [0.15, 0.2) is 5.69 Å². The standard InChI is InChI=1S/C28H24ClN5O3/c29-23-15-18(9-10-21(23)25-19-5-1-2-6-20(19)27(35)32-31-25)30-28(36)26-22-7-3-4-8-24(22)34(33-26)16-17-11-13-37-14-12-17/h1-10,15,17H,11-14,16H2,(H,30,36)(H,32,35). The molecule has 0 aliphatic carbocycles. The van der Waals surface area contributed by atoms with Crippen molar-refractivity contribution in [1.29, 1.82) is 0 Å². The number of carbonyl (C=O) groups excluding carboxylic acids is 1. The third-order valence-corrected chi connectivity index (χ3v) is 7.14. The van der Waals surface area contributed by atoms with E-state index in [1.54, 1.807) is 30.3 Å². The van der Waals surface area contributed by atoms with Crippen molar-refractivity contribution in [2.45, 2.75) is 19.4 Å². The molecule has 9 heteroatoms. The highest BCUT2D eigenvalue weighted by molar-refractivity contribution is 6.34. The number of H-pyrrole nitrogens is 1. The zero-order valence-electron chi connectivity index (χ0n) is 19.9. The van der Waals surface area contributed by atoms with Gasteiger partial charge in [-0.3, -0.25) is 14.3 Å². The number of nitrogens with one attached hydrogen (secondary N) is 2. The summed E-state index contributed by atoms with van der Waals surface area (Å²) in [6, 6.07) is 20.2. The lowest BCUT2D eigenvalue weighted by atomic mass is 10.0. The molecule has 1 aliphatic heterocycles. The molecule has 37 heavy (non-hydrogen) atoms. The monoisotopic (exact) mass is 513 g/mol. The summed E-state index contributed by atoms with van der Waals surface area (Å²) in [7, 11) is 0. The molecule has 0 spiro atoms. The first-order valence-electron chi connectivity index (χ1n) is 12.2. The zero-order valence-corrected chi connectivity index (χ0v) is 20.7. The molecule has 0 atom stereocenters. The Kier molecular flexibility index (Phi) is 6.20. The molecule has 2 aromatic heterocycles. The number of aromatic nitrogens is 4. The van der Waals surface area contributed by atoms with E-state index in [1.165, 1.54) is 0 Å². The Balaban J connectivity index is 1.29. The Morgan fingerprint density at radius 3 is 2.54 bits per heavy atom. The lowest BCUT2D eigenvalue weighted by Gasteiger charge is -2.22. The van der Waals surface area contributed by atoms with Crippen LogP contribution in [0, 0.1) is 5.92 Å². The zero-order chi connectivity index (χ0) is 25.4. The normalized spacial score (nSPS) is 14.3. The van der Waals surface area contributed by atoms with Gasteiger partial charge in [0.1, 0.15) is 5.69 Å². The summed E-state index contributed by atoms with van der Waals surface area (Å²) < 4.78 is 7.42. The molecule has 6 rings (SSSR count). The summed E-state index contributed by atoms with van der Waals surface area (Å²) >= 11 is 6.63. The molecular formula is C28H24ClN5O3. The van der Waals surface area contributed by atoms with Gasteiger partial charge < -0.3 is 10.1 Å². The molecule has 5 aromatic rings. The highest BCUT2D eigenvalue weighted by Crippen LogP contribution is 2.33. The van der Waals surface area contributed by atoms with Gasteiger partial charge in [0, 0.05) is 41.8 Å². The first kappa shape index (κ1) is 23.4. The number of aromatic amines is 1. The Labute approximate surface area is 217 Å². The predicted octanol–water partition coefficient (Wildman–Crippen LogP) is 5.27. The van der Waals surface area contributed by atoms with E-state index < -0.39 is 0 Å². The number of para-hydroxylation sites is 1. The van der Waals surface area contributed by atoms with Crippen molar-refractivity contribution in [3.05, 3.63) is 87.8 Å². The highest BCUT2D eigenvalue weighted by Gasteiger charge is 2.21. The van der Waals surface area contributed by atoms with Gasteiger partial charge in [0.05, 0.1) is 15.9 Å². The van der Waals surface area contributed by atoms with Crippen LogP contribution in [0.1, 0.15) is 23.3 Å². The van der Waals surface area contributed by atoms with Crippen molar-refractivity contribution >= 4 is 44.9 Å². The summed E-state index contributed by atoms with van der Waals surface area (Å²) in [6.07, 6.45) is 1.97. The van der Waals surface area contributed by atoms with Crippen LogP contribution in [0.25, 0.3) is 32.9 Å². The van der Waals surface area contributed by atoms with Crippen LogP contribution in [-0.4, -0.2) is 39.1 Å². The minimum absolute atomic E-state index is 0.261. The molecular weight excluding hydrogens is 490 g/mol. The van der Waals surface area contributed by atoms with E-state index in [4.69, 9.17) is 21.4 Å². The van der Waals surface area contributed by atoms with E-state index in [9.17, 15) is 9.59 Å². The van der Waals surface area contributed by atoms with Crippen molar-refractivity contribution in [3.8, 4) is 11.3 Å². The maximum atomic E-state index is 13.3. The van der Waals surface area contributed by atoms with E-state index >= 15 is 0 Å². The number of amides is 1. The first-order chi connectivity index (χ1) is 18.1. The molecule has 0 bridgehead atoms. The Hall–Kier alpha value is -4.01. The molecule has 8 nitrogen and oxygen atoms in total. The number of benzene rings is 3. The number of halogens is 1. The summed E-state index contributed by atoms with van der Waals surface area (Å²) in [5.41, 5.74) is 2.80. The summed E-state index contributed by atoms with van der Waals surface area (Å²) in [5.74, 6) is 0.162. The molecule has 0 radical (unpaired) electrons.